The van der Waals surface area contributed by atoms with Gasteiger partial charge in [-0.05, 0) is 25.2 Å². The van der Waals surface area contributed by atoms with Crippen LogP contribution in [-0.2, 0) is 9.59 Å². The van der Waals surface area contributed by atoms with E-state index in [-0.39, 0.29) is 18.5 Å². The van der Waals surface area contributed by atoms with Gasteiger partial charge in [-0.1, -0.05) is 26.7 Å². The van der Waals surface area contributed by atoms with E-state index in [9.17, 15) is 19.5 Å². The number of primary amides is 1. The van der Waals surface area contributed by atoms with Gasteiger partial charge in [0.15, 0.2) is 0 Å². The summed E-state index contributed by atoms with van der Waals surface area (Å²) in [7, 11) is 0. The number of hydrogen-bond donors (Lipinski definition) is 3. The van der Waals surface area contributed by atoms with Crippen LogP contribution in [0.15, 0.2) is 0 Å². The Morgan fingerprint density at radius 3 is 2.29 bits per heavy atom. The highest BCUT2D eigenvalue weighted by Gasteiger charge is 2.30. The summed E-state index contributed by atoms with van der Waals surface area (Å²) in [4.78, 5) is 36.1. The summed E-state index contributed by atoms with van der Waals surface area (Å²) in [5.74, 6) is -1.52. The summed E-state index contributed by atoms with van der Waals surface area (Å²) in [6.07, 6.45) is 3.99. The minimum absolute atomic E-state index is 0.0361. The van der Waals surface area contributed by atoms with Crippen LogP contribution in [0.25, 0.3) is 0 Å². The minimum Gasteiger partial charge on any atom is -0.480 e. The highest BCUT2D eigenvalue weighted by atomic mass is 16.4. The first-order valence-electron chi connectivity index (χ1n) is 7.39. The number of carboxylic acid groups (broad SMARTS) is 1. The molecule has 0 aliphatic heterocycles. The van der Waals surface area contributed by atoms with E-state index < -0.39 is 23.9 Å². The van der Waals surface area contributed by atoms with Crippen molar-refractivity contribution in [3.05, 3.63) is 0 Å². The van der Waals surface area contributed by atoms with Crippen molar-refractivity contribution >= 4 is 17.9 Å². The number of aliphatic carboxylic acids is 1. The first-order valence-corrected chi connectivity index (χ1v) is 7.39. The summed E-state index contributed by atoms with van der Waals surface area (Å²) in [6, 6.07) is -1.51. The lowest BCUT2D eigenvalue weighted by atomic mass is 10.0. The predicted molar refractivity (Wildman–Crippen MR) is 77.6 cm³/mol. The molecule has 1 saturated carbocycles. The lowest BCUT2D eigenvalue weighted by molar-refractivity contribution is -0.139. The number of rotatable bonds is 7. The Morgan fingerprint density at radius 2 is 1.86 bits per heavy atom. The average molecular weight is 299 g/mol. The number of nitrogens with two attached hydrogens (primary N) is 1. The molecule has 1 atom stereocenters. The fourth-order valence-corrected chi connectivity index (χ4v) is 2.68. The van der Waals surface area contributed by atoms with Crippen LogP contribution < -0.4 is 11.1 Å². The maximum absolute atomic E-state index is 12.3. The van der Waals surface area contributed by atoms with Crippen molar-refractivity contribution in [1.82, 2.24) is 10.2 Å². The molecule has 0 spiro atoms. The average Bonchev–Trinajstić information content (AvgIpc) is 2.87. The highest BCUT2D eigenvalue weighted by Crippen LogP contribution is 2.23. The van der Waals surface area contributed by atoms with Gasteiger partial charge in [0.1, 0.15) is 12.6 Å². The van der Waals surface area contributed by atoms with Crippen LogP contribution in [0.1, 0.15) is 46.0 Å². The van der Waals surface area contributed by atoms with Crippen LogP contribution in [-0.4, -0.2) is 46.5 Å². The molecule has 0 aromatic carbocycles. The number of hydrogen-bond acceptors (Lipinski definition) is 3. The van der Waals surface area contributed by atoms with E-state index in [1.54, 1.807) is 0 Å². The van der Waals surface area contributed by atoms with Crippen molar-refractivity contribution in [1.29, 1.82) is 0 Å². The van der Waals surface area contributed by atoms with Crippen molar-refractivity contribution < 1.29 is 19.5 Å². The molecule has 1 aliphatic rings. The lowest BCUT2D eigenvalue weighted by Gasteiger charge is -2.29. The minimum atomic E-state index is -1.07. The van der Waals surface area contributed by atoms with Crippen LogP contribution in [0.4, 0.5) is 4.79 Å². The number of nitrogens with one attached hydrogen (secondary N) is 1. The van der Waals surface area contributed by atoms with Crippen molar-refractivity contribution in [3.63, 3.8) is 0 Å². The Morgan fingerprint density at radius 1 is 1.29 bits per heavy atom. The number of nitrogens with zero attached hydrogens (tertiary/aromatic N) is 1. The maximum atomic E-state index is 12.3. The Kier molecular flexibility index (Phi) is 6.45. The molecule has 21 heavy (non-hydrogen) atoms. The molecule has 120 valence electrons. The molecular formula is C14H25N3O4. The third-order valence-corrected chi connectivity index (χ3v) is 3.66. The van der Waals surface area contributed by atoms with Gasteiger partial charge in [0, 0.05) is 6.04 Å². The van der Waals surface area contributed by atoms with Gasteiger partial charge in [0.25, 0.3) is 0 Å². The molecule has 7 heteroatoms. The third-order valence-electron chi connectivity index (χ3n) is 3.66. The smallest absolute Gasteiger partial charge is 0.326 e. The quantitative estimate of drug-likeness (QED) is 0.649. The predicted octanol–water partition coefficient (Wildman–Crippen LogP) is 0.925. The van der Waals surface area contributed by atoms with E-state index in [0.717, 1.165) is 25.7 Å². The van der Waals surface area contributed by atoms with E-state index in [1.807, 2.05) is 13.8 Å². The van der Waals surface area contributed by atoms with Crippen molar-refractivity contribution in [3.8, 4) is 0 Å². The van der Waals surface area contributed by atoms with Crippen molar-refractivity contribution in [2.75, 3.05) is 6.54 Å². The van der Waals surface area contributed by atoms with E-state index in [1.165, 1.54) is 4.90 Å². The van der Waals surface area contributed by atoms with Crippen LogP contribution in [0.2, 0.25) is 0 Å². The Labute approximate surface area is 124 Å². The molecular weight excluding hydrogens is 274 g/mol. The molecule has 0 radical (unpaired) electrons. The topological polar surface area (TPSA) is 113 Å². The fraction of sp³-hybridized carbons (Fsp3) is 0.786. The monoisotopic (exact) mass is 299 g/mol. The Bertz CT molecular complexity index is 392. The van der Waals surface area contributed by atoms with Crippen molar-refractivity contribution in [2.24, 2.45) is 11.7 Å². The first kappa shape index (κ1) is 17.3. The lowest BCUT2D eigenvalue weighted by Crippen LogP contribution is -2.53. The van der Waals surface area contributed by atoms with Crippen LogP contribution >= 0.6 is 0 Å². The van der Waals surface area contributed by atoms with E-state index in [2.05, 4.69) is 5.32 Å². The number of carbonyl (C=O) groups excluding carboxylic acids is 2. The summed E-state index contributed by atoms with van der Waals surface area (Å²) in [5.41, 5.74) is 5.19. The SMILES string of the molecule is CC(C)C[C@H](NC(=O)N(CC(N)=O)C1CCCC1)C(=O)O. The molecule has 0 bridgehead atoms. The highest BCUT2D eigenvalue weighted by molar-refractivity contribution is 5.86. The normalized spacial score (nSPS) is 16.7. The molecule has 4 N–H and O–H groups in total. The molecule has 1 rings (SSSR count). The number of urea groups is 1. The van der Waals surface area contributed by atoms with Crippen LogP contribution in [0.3, 0.4) is 0 Å². The van der Waals surface area contributed by atoms with Gasteiger partial charge in [0.2, 0.25) is 5.91 Å². The number of amides is 3. The Hall–Kier alpha value is -1.79. The summed E-state index contributed by atoms with van der Waals surface area (Å²) in [5, 5.41) is 11.7. The van der Waals surface area contributed by atoms with Gasteiger partial charge in [0.05, 0.1) is 0 Å². The molecule has 0 saturated heterocycles. The zero-order valence-electron chi connectivity index (χ0n) is 12.7. The number of carboxylic acids is 1. The van der Waals surface area contributed by atoms with Gasteiger partial charge in [-0.2, -0.15) is 0 Å². The second-order valence-electron chi connectivity index (χ2n) is 6.00. The molecule has 0 heterocycles. The van der Waals surface area contributed by atoms with Crippen molar-refractivity contribution in [2.45, 2.75) is 58.0 Å². The third kappa shape index (κ3) is 5.61. The largest absolute Gasteiger partial charge is 0.480 e. The molecule has 3 amide bonds. The summed E-state index contributed by atoms with van der Waals surface area (Å²) in [6.45, 7) is 3.60. The van der Waals surface area contributed by atoms with E-state index >= 15 is 0 Å². The van der Waals surface area contributed by atoms with E-state index in [0.29, 0.717) is 6.42 Å². The maximum Gasteiger partial charge on any atom is 0.326 e. The zero-order valence-corrected chi connectivity index (χ0v) is 12.7. The number of carbonyl (C=O) groups is 3. The molecule has 1 aliphatic carbocycles. The van der Waals surface area contributed by atoms with Gasteiger partial charge >= 0.3 is 12.0 Å². The second kappa shape index (κ2) is 7.85. The Balaban J connectivity index is 2.73. The van der Waals surface area contributed by atoms with Gasteiger partial charge in [-0.15, -0.1) is 0 Å². The van der Waals surface area contributed by atoms with Gasteiger partial charge in [-0.3, -0.25) is 4.79 Å². The summed E-state index contributed by atoms with van der Waals surface area (Å²) >= 11 is 0. The zero-order chi connectivity index (χ0) is 16.0. The molecule has 0 aromatic heterocycles. The second-order valence-corrected chi connectivity index (χ2v) is 6.00. The molecule has 0 aromatic rings. The molecule has 0 unspecified atom stereocenters. The van der Waals surface area contributed by atoms with E-state index in [4.69, 9.17) is 5.73 Å². The van der Waals surface area contributed by atoms with Gasteiger partial charge < -0.3 is 21.1 Å². The summed E-state index contributed by atoms with van der Waals surface area (Å²) < 4.78 is 0. The standard InChI is InChI=1S/C14H25N3O4/c1-9(2)7-11(13(19)20)16-14(21)17(8-12(15)18)10-5-3-4-6-10/h9-11H,3-8H2,1-2H3,(H2,15,18)(H,16,21)(H,19,20)/t11-/m0/s1. The molecule has 1 fully saturated rings. The van der Waals surface area contributed by atoms with Gasteiger partial charge in [-0.25, -0.2) is 9.59 Å². The van der Waals surface area contributed by atoms with Crippen LogP contribution in [0, 0.1) is 5.92 Å². The van der Waals surface area contributed by atoms with Crippen LogP contribution in [0.5, 0.6) is 0 Å². The fourth-order valence-electron chi connectivity index (χ4n) is 2.68. The first-order chi connectivity index (χ1) is 9.81. The molecule has 7 nitrogen and oxygen atoms in total.